The zero-order valence-electron chi connectivity index (χ0n) is 19.1. The molecule has 8 heteroatoms. The van der Waals surface area contributed by atoms with Crippen LogP contribution in [0.1, 0.15) is 55.5 Å². The predicted octanol–water partition coefficient (Wildman–Crippen LogP) is 2.65. The number of nitrogens with zero attached hydrogens (tertiary/aromatic N) is 2. The fraction of sp³-hybridized carbons (Fsp3) is 0.696. The second-order valence-electron chi connectivity index (χ2n) is 9.08. The Hall–Kier alpha value is -1.48. The van der Waals surface area contributed by atoms with E-state index in [1.54, 1.807) is 22.5 Å². The van der Waals surface area contributed by atoms with Crippen molar-refractivity contribution in [2.24, 2.45) is 5.92 Å². The standard InChI is InChI=1S/C23H37N3O4S/c1-18(2)15-20(25-11-13-30-14-12-25)17-24-23(27)22-16-21(8-7-19(22)3)31(28,29)26-9-5-4-6-10-26/h7-8,16,18,20H,4-6,9-15,17H2,1-3H3,(H,24,27). The number of sulfonamides is 1. The van der Waals surface area contributed by atoms with Crippen LogP contribution in [0.25, 0.3) is 0 Å². The largest absolute Gasteiger partial charge is 0.379 e. The van der Waals surface area contributed by atoms with Crippen LogP contribution in [-0.2, 0) is 14.8 Å². The minimum atomic E-state index is -3.57. The van der Waals surface area contributed by atoms with Crippen LogP contribution in [0, 0.1) is 12.8 Å². The van der Waals surface area contributed by atoms with Crippen molar-refractivity contribution in [1.29, 1.82) is 0 Å². The molecule has 1 unspecified atom stereocenters. The lowest BCUT2D eigenvalue weighted by molar-refractivity contribution is 0.0124. The molecule has 0 aromatic heterocycles. The van der Waals surface area contributed by atoms with Crippen molar-refractivity contribution in [1.82, 2.24) is 14.5 Å². The quantitative estimate of drug-likeness (QED) is 0.657. The van der Waals surface area contributed by atoms with Gasteiger partial charge >= 0.3 is 0 Å². The summed E-state index contributed by atoms with van der Waals surface area (Å²) in [6, 6.07) is 5.14. The summed E-state index contributed by atoms with van der Waals surface area (Å²) in [5, 5.41) is 3.07. The number of hydrogen-bond acceptors (Lipinski definition) is 5. The molecular weight excluding hydrogens is 414 g/mol. The minimum absolute atomic E-state index is 0.206. The number of carbonyl (C=O) groups is 1. The molecule has 174 valence electrons. The Morgan fingerprint density at radius 2 is 1.77 bits per heavy atom. The molecule has 1 aromatic rings. The molecule has 0 spiro atoms. The van der Waals surface area contributed by atoms with Crippen molar-refractivity contribution in [3.05, 3.63) is 29.3 Å². The zero-order valence-corrected chi connectivity index (χ0v) is 19.9. The molecule has 2 fully saturated rings. The number of carbonyl (C=O) groups excluding carboxylic acids is 1. The summed E-state index contributed by atoms with van der Waals surface area (Å²) in [6.45, 7) is 11.0. The van der Waals surface area contributed by atoms with Gasteiger partial charge in [-0.3, -0.25) is 9.69 Å². The van der Waals surface area contributed by atoms with Gasteiger partial charge < -0.3 is 10.1 Å². The van der Waals surface area contributed by atoms with Gasteiger partial charge in [-0.1, -0.05) is 26.3 Å². The fourth-order valence-corrected chi connectivity index (χ4v) is 5.96. The number of hydrogen-bond donors (Lipinski definition) is 1. The first kappa shape index (κ1) is 24.2. The highest BCUT2D eigenvalue weighted by Gasteiger charge is 2.27. The molecule has 0 bridgehead atoms. The summed E-state index contributed by atoms with van der Waals surface area (Å²) in [6.07, 6.45) is 3.82. The molecule has 2 aliphatic heterocycles. The third-order valence-corrected chi connectivity index (χ3v) is 8.10. The van der Waals surface area contributed by atoms with Gasteiger partial charge in [-0.2, -0.15) is 4.31 Å². The van der Waals surface area contributed by atoms with Gasteiger partial charge in [-0.25, -0.2) is 8.42 Å². The van der Waals surface area contributed by atoms with E-state index in [4.69, 9.17) is 4.74 Å². The number of morpholine rings is 1. The number of ether oxygens (including phenoxy) is 1. The molecular formula is C23H37N3O4S. The van der Waals surface area contributed by atoms with E-state index in [1.807, 2.05) is 6.92 Å². The van der Waals surface area contributed by atoms with E-state index in [-0.39, 0.29) is 16.8 Å². The van der Waals surface area contributed by atoms with Gasteiger partial charge in [0, 0.05) is 44.3 Å². The van der Waals surface area contributed by atoms with Crippen LogP contribution in [0.5, 0.6) is 0 Å². The molecule has 7 nitrogen and oxygen atoms in total. The highest BCUT2D eigenvalue weighted by molar-refractivity contribution is 7.89. The summed E-state index contributed by atoms with van der Waals surface area (Å²) >= 11 is 0. The summed E-state index contributed by atoms with van der Waals surface area (Å²) in [5.74, 6) is 0.305. The van der Waals surface area contributed by atoms with Gasteiger partial charge in [-0.05, 0) is 49.8 Å². The van der Waals surface area contributed by atoms with Crippen molar-refractivity contribution in [2.45, 2.75) is 57.4 Å². The number of aryl methyl sites for hydroxylation is 1. The van der Waals surface area contributed by atoms with Gasteiger partial charge in [0.15, 0.2) is 0 Å². The second-order valence-corrected chi connectivity index (χ2v) is 11.0. The molecule has 1 amide bonds. The Bertz CT molecular complexity index is 844. The van der Waals surface area contributed by atoms with Crippen LogP contribution in [0.4, 0.5) is 0 Å². The van der Waals surface area contributed by atoms with Crippen molar-refractivity contribution < 1.29 is 17.9 Å². The molecule has 31 heavy (non-hydrogen) atoms. The highest BCUT2D eigenvalue weighted by Crippen LogP contribution is 2.23. The first-order valence-corrected chi connectivity index (χ1v) is 12.9. The van der Waals surface area contributed by atoms with Crippen LogP contribution in [0.2, 0.25) is 0 Å². The Balaban J connectivity index is 1.72. The average molecular weight is 452 g/mol. The van der Waals surface area contributed by atoms with E-state index < -0.39 is 10.0 Å². The predicted molar refractivity (Wildman–Crippen MR) is 122 cm³/mol. The third-order valence-electron chi connectivity index (χ3n) is 6.21. The van der Waals surface area contributed by atoms with Gasteiger partial charge in [0.25, 0.3) is 5.91 Å². The third kappa shape index (κ3) is 6.28. The Morgan fingerprint density at radius 3 is 2.42 bits per heavy atom. The van der Waals surface area contributed by atoms with Gasteiger partial charge in [0.2, 0.25) is 10.0 Å². The first-order valence-electron chi connectivity index (χ1n) is 11.5. The van der Waals surface area contributed by atoms with Crippen molar-refractivity contribution in [3.63, 3.8) is 0 Å². The molecule has 1 atom stereocenters. The molecule has 3 rings (SSSR count). The molecule has 2 saturated heterocycles. The smallest absolute Gasteiger partial charge is 0.251 e. The highest BCUT2D eigenvalue weighted by atomic mass is 32.2. The van der Waals surface area contributed by atoms with Crippen LogP contribution < -0.4 is 5.32 Å². The van der Waals surface area contributed by atoms with E-state index >= 15 is 0 Å². The summed E-state index contributed by atoms with van der Waals surface area (Å²) in [7, 11) is -3.57. The minimum Gasteiger partial charge on any atom is -0.379 e. The summed E-state index contributed by atoms with van der Waals surface area (Å²) in [5.41, 5.74) is 1.21. The van der Waals surface area contributed by atoms with E-state index in [9.17, 15) is 13.2 Å². The van der Waals surface area contributed by atoms with Crippen LogP contribution in [0.3, 0.4) is 0 Å². The average Bonchev–Trinajstić information content (AvgIpc) is 2.77. The molecule has 0 radical (unpaired) electrons. The Labute approximate surface area is 187 Å². The molecule has 1 N–H and O–H groups in total. The molecule has 2 aliphatic rings. The maximum Gasteiger partial charge on any atom is 0.251 e. The lowest BCUT2D eigenvalue weighted by Gasteiger charge is -2.35. The first-order chi connectivity index (χ1) is 14.8. The van der Waals surface area contributed by atoms with Crippen molar-refractivity contribution >= 4 is 15.9 Å². The normalized spacial score (nSPS) is 20.0. The molecule has 0 aliphatic carbocycles. The lowest BCUT2D eigenvalue weighted by Crippen LogP contribution is -2.49. The van der Waals surface area contributed by atoms with Gasteiger partial charge in [0.05, 0.1) is 18.1 Å². The van der Waals surface area contributed by atoms with E-state index in [2.05, 4.69) is 24.1 Å². The number of benzene rings is 1. The van der Waals surface area contributed by atoms with Crippen molar-refractivity contribution in [3.8, 4) is 0 Å². The monoisotopic (exact) mass is 451 g/mol. The molecule has 0 saturated carbocycles. The van der Waals surface area contributed by atoms with Crippen molar-refractivity contribution in [2.75, 3.05) is 45.9 Å². The van der Waals surface area contributed by atoms with Crippen LogP contribution >= 0.6 is 0 Å². The maximum atomic E-state index is 13.0. The maximum absolute atomic E-state index is 13.0. The Kier molecular flexibility index (Phi) is 8.50. The number of piperidine rings is 1. The fourth-order valence-electron chi connectivity index (χ4n) is 4.41. The van der Waals surface area contributed by atoms with E-state index in [0.717, 1.165) is 57.6 Å². The van der Waals surface area contributed by atoms with Crippen LogP contribution in [-0.4, -0.2) is 75.5 Å². The zero-order chi connectivity index (χ0) is 22.4. The van der Waals surface area contributed by atoms with E-state index in [1.165, 1.54) is 0 Å². The van der Waals surface area contributed by atoms with Crippen LogP contribution in [0.15, 0.2) is 23.1 Å². The lowest BCUT2D eigenvalue weighted by atomic mass is 10.0. The number of nitrogens with one attached hydrogen (secondary N) is 1. The summed E-state index contributed by atoms with van der Waals surface area (Å²) in [4.78, 5) is 15.6. The Morgan fingerprint density at radius 1 is 1.10 bits per heavy atom. The van der Waals surface area contributed by atoms with Gasteiger partial charge in [-0.15, -0.1) is 0 Å². The number of rotatable bonds is 8. The molecule has 2 heterocycles. The van der Waals surface area contributed by atoms with Gasteiger partial charge in [0.1, 0.15) is 0 Å². The topological polar surface area (TPSA) is 79.0 Å². The SMILES string of the molecule is Cc1ccc(S(=O)(=O)N2CCCCC2)cc1C(=O)NCC(CC(C)C)N1CCOCC1. The number of amides is 1. The molecule has 1 aromatic carbocycles. The van der Waals surface area contributed by atoms with E-state index in [0.29, 0.717) is 31.1 Å². The second kappa shape index (κ2) is 10.9. The summed E-state index contributed by atoms with van der Waals surface area (Å²) < 4.78 is 33.1.